The lowest BCUT2D eigenvalue weighted by atomic mass is 9.99. The van der Waals surface area contributed by atoms with Crippen LogP contribution in [0.1, 0.15) is 25.5 Å². The van der Waals surface area contributed by atoms with Gasteiger partial charge in [0.05, 0.1) is 5.56 Å². The van der Waals surface area contributed by atoms with Gasteiger partial charge in [-0.25, -0.2) is 0 Å². The predicted octanol–water partition coefficient (Wildman–Crippen LogP) is 3.22. The van der Waals surface area contributed by atoms with Crippen LogP contribution >= 0.6 is 12.2 Å². The third kappa shape index (κ3) is 2.36. The van der Waals surface area contributed by atoms with Crippen molar-refractivity contribution in [1.82, 2.24) is 9.97 Å². The van der Waals surface area contributed by atoms with Crippen LogP contribution in [-0.4, -0.2) is 9.97 Å². The molecule has 4 heteroatoms. The fourth-order valence-electron chi connectivity index (χ4n) is 1.83. The van der Waals surface area contributed by atoms with Crippen LogP contribution in [0.15, 0.2) is 35.1 Å². The molecule has 0 atom stereocenters. The number of nitrogens with one attached hydrogen (secondary N) is 2. The molecular formula is C13H14N2OS. The van der Waals surface area contributed by atoms with Gasteiger partial charge >= 0.3 is 0 Å². The molecule has 0 amide bonds. The van der Waals surface area contributed by atoms with E-state index < -0.39 is 0 Å². The molecule has 1 heterocycles. The van der Waals surface area contributed by atoms with Gasteiger partial charge in [-0.3, -0.25) is 9.78 Å². The molecule has 0 aliphatic rings. The van der Waals surface area contributed by atoms with Crippen molar-refractivity contribution >= 4 is 12.2 Å². The van der Waals surface area contributed by atoms with E-state index in [4.69, 9.17) is 12.2 Å². The normalized spacial score (nSPS) is 10.8. The minimum atomic E-state index is -0.136. The zero-order valence-electron chi connectivity index (χ0n) is 9.78. The summed E-state index contributed by atoms with van der Waals surface area (Å²) in [7, 11) is 0. The maximum atomic E-state index is 12.0. The van der Waals surface area contributed by atoms with Crippen molar-refractivity contribution in [1.29, 1.82) is 0 Å². The lowest BCUT2D eigenvalue weighted by Crippen LogP contribution is -2.15. The first-order valence-corrected chi connectivity index (χ1v) is 5.92. The zero-order valence-corrected chi connectivity index (χ0v) is 10.6. The Balaban J connectivity index is 2.77. The second kappa shape index (κ2) is 4.67. The van der Waals surface area contributed by atoms with Crippen LogP contribution in [0.25, 0.3) is 11.1 Å². The van der Waals surface area contributed by atoms with E-state index in [9.17, 15) is 4.79 Å². The first kappa shape index (κ1) is 11.8. The summed E-state index contributed by atoms with van der Waals surface area (Å²) >= 11 is 5.00. The molecule has 0 radical (unpaired) electrons. The highest BCUT2D eigenvalue weighted by atomic mass is 32.1. The molecule has 0 spiro atoms. The molecule has 17 heavy (non-hydrogen) atoms. The van der Waals surface area contributed by atoms with Gasteiger partial charge in [0.1, 0.15) is 0 Å². The summed E-state index contributed by atoms with van der Waals surface area (Å²) in [6.45, 7) is 4.07. The van der Waals surface area contributed by atoms with Gasteiger partial charge in [0.15, 0.2) is 4.77 Å². The molecule has 88 valence electrons. The van der Waals surface area contributed by atoms with E-state index in [0.29, 0.717) is 10.3 Å². The number of H-pyrrole nitrogens is 2. The Bertz CT molecular complexity index is 626. The smallest absolute Gasteiger partial charge is 0.259 e. The SMILES string of the molecule is CC(C)c1[nH]c(=S)[nH]c(=O)c1-c1ccccc1. The van der Waals surface area contributed by atoms with E-state index in [0.717, 1.165) is 11.3 Å². The van der Waals surface area contributed by atoms with Gasteiger partial charge < -0.3 is 4.98 Å². The summed E-state index contributed by atoms with van der Waals surface area (Å²) in [4.78, 5) is 17.7. The van der Waals surface area contributed by atoms with Crippen LogP contribution in [0.2, 0.25) is 0 Å². The minimum Gasteiger partial charge on any atom is -0.335 e. The molecule has 2 N–H and O–H groups in total. The number of hydrogen-bond acceptors (Lipinski definition) is 2. The standard InChI is InChI=1S/C13H14N2OS/c1-8(2)11-10(9-6-4-3-5-7-9)12(16)15-13(17)14-11/h3-8H,1-2H3,(H2,14,15,16,17). The Hall–Kier alpha value is -1.68. The number of rotatable bonds is 2. The second-order valence-corrected chi connectivity index (χ2v) is 4.63. The molecule has 0 saturated carbocycles. The van der Waals surface area contributed by atoms with Crippen LogP contribution in [0.4, 0.5) is 0 Å². The summed E-state index contributed by atoms with van der Waals surface area (Å²) < 4.78 is 0.374. The van der Waals surface area contributed by atoms with Crippen molar-refractivity contribution < 1.29 is 0 Å². The number of hydrogen-bond donors (Lipinski definition) is 2. The Kier molecular flexibility index (Phi) is 3.24. The Morgan fingerprint density at radius 3 is 2.35 bits per heavy atom. The fraction of sp³-hybridized carbons (Fsp3) is 0.231. The molecule has 0 aliphatic carbocycles. The highest BCUT2D eigenvalue weighted by molar-refractivity contribution is 7.71. The van der Waals surface area contributed by atoms with E-state index in [1.54, 1.807) is 0 Å². The Morgan fingerprint density at radius 1 is 1.12 bits per heavy atom. The molecule has 0 bridgehead atoms. The summed E-state index contributed by atoms with van der Waals surface area (Å²) in [5.41, 5.74) is 2.33. The predicted molar refractivity (Wildman–Crippen MR) is 71.8 cm³/mol. The average Bonchev–Trinajstić information content (AvgIpc) is 2.29. The van der Waals surface area contributed by atoms with Crippen molar-refractivity contribution in [2.24, 2.45) is 0 Å². The fourth-order valence-corrected chi connectivity index (χ4v) is 2.03. The third-order valence-electron chi connectivity index (χ3n) is 2.61. The number of aromatic amines is 2. The Morgan fingerprint density at radius 2 is 1.76 bits per heavy atom. The van der Waals surface area contributed by atoms with Gasteiger partial charge in [0.2, 0.25) is 0 Å². The van der Waals surface area contributed by atoms with Gasteiger partial charge in [-0.05, 0) is 23.7 Å². The van der Waals surface area contributed by atoms with Crippen molar-refractivity contribution in [2.75, 3.05) is 0 Å². The monoisotopic (exact) mass is 246 g/mol. The lowest BCUT2D eigenvalue weighted by Gasteiger charge is -2.11. The Labute approximate surface area is 105 Å². The van der Waals surface area contributed by atoms with Crippen LogP contribution < -0.4 is 5.56 Å². The summed E-state index contributed by atoms with van der Waals surface area (Å²) in [6, 6.07) is 9.61. The van der Waals surface area contributed by atoms with Crippen molar-refractivity contribution in [3.8, 4) is 11.1 Å². The first-order valence-electron chi connectivity index (χ1n) is 5.51. The number of aromatic nitrogens is 2. The molecule has 2 aromatic rings. The van der Waals surface area contributed by atoms with Crippen molar-refractivity contribution in [3.63, 3.8) is 0 Å². The molecule has 0 unspecified atom stereocenters. The molecule has 0 fully saturated rings. The minimum absolute atomic E-state index is 0.136. The highest BCUT2D eigenvalue weighted by Crippen LogP contribution is 2.23. The second-order valence-electron chi connectivity index (χ2n) is 4.22. The summed E-state index contributed by atoms with van der Waals surface area (Å²) in [5.74, 6) is 0.217. The largest absolute Gasteiger partial charge is 0.335 e. The molecule has 2 rings (SSSR count). The van der Waals surface area contributed by atoms with Gasteiger partial charge in [0, 0.05) is 5.69 Å². The van der Waals surface area contributed by atoms with Gasteiger partial charge in [-0.2, -0.15) is 0 Å². The lowest BCUT2D eigenvalue weighted by molar-refractivity contribution is 0.808. The van der Waals surface area contributed by atoms with Gasteiger partial charge in [0.25, 0.3) is 5.56 Å². The summed E-state index contributed by atoms with van der Waals surface area (Å²) in [5, 5.41) is 0. The van der Waals surface area contributed by atoms with Crippen LogP contribution in [0, 0.1) is 4.77 Å². The van der Waals surface area contributed by atoms with Crippen molar-refractivity contribution in [3.05, 3.63) is 51.2 Å². The maximum Gasteiger partial charge on any atom is 0.259 e. The van der Waals surface area contributed by atoms with E-state index in [-0.39, 0.29) is 11.5 Å². The number of benzene rings is 1. The quantitative estimate of drug-likeness (QED) is 0.799. The molecule has 0 aliphatic heterocycles. The third-order valence-corrected chi connectivity index (χ3v) is 2.82. The molecule has 1 aromatic heterocycles. The molecule has 0 saturated heterocycles. The topological polar surface area (TPSA) is 48.6 Å². The first-order chi connectivity index (χ1) is 8.09. The summed E-state index contributed by atoms with van der Waals surface area (Å²) in [6.07, 6.45) is 0. The average molecular weight is 246 g/mol. The van der Waals surface area contributed by atoms with Crippen molar-refractivity contribution in [2.45, 2.75) is 19.8 Å². The van der Waals surface area contributed by atoms with Gasteiger partial charge in [-0.1, -0.05) is 44.2 Å². The highest BCUT2D eigenvalue weighted by Gasteiger charge is 2.13. The maximum absolute atomic E-state index is 12.0. The van der Waals surface area contributed by atoms with Crippen LogP contribution in [0.3, 0.4) is 0 Å². The van der Waals surface area contributed by atoms with Crippen LogP contribution in [-0.2, 0) is 0 Å². The molecular weight excluding hydrogens is 232 g/mol. The van der Waals surface area contributed by atoms with E-state index >= 15 is 0 Å². The van der Waals surface area contributed by atoms with E-state index in [1.807, 2.05) is 44.2 Å². The molecule has 1 aromatic carbocycles. The van der Waals surface area contributed by atoms with Gasteiger partial charge in [-0.15, -0.1) is 0 Å². The zero-order chi connectivity index (χ0) is 12.4. The van der Waals surface area contributed by atoms with Crippen LogP contribution in [0.5, 0.6) is 0 Å². The van der Waals surface area contributed by atoms with E-state index in [1.165, 1.54) is 0 Å². The van der Waals surface area contributed by atoms with E-state index in [2.05, 4.69) is 9.97 Å². The molecule has 3 nitrogen and oxygen atoms in total.